The van der Waals surface area contributed by atoms with Crippen LogP contribution >= 0.6 is 0 Å². The molecule has 2 aromatic rings. The van der Waals surface area contributed by atoms with Gasteiger partial charge in [-0.25, -0.2) is 4.39 Å². The third-order valence-electron chi connectivity index (χ3n) is 2.98. The molecule has 0 radical (unpaired) electrons. The SMILES string of the molecule is CCC(Nc1cnn(CC)c1)c1ccc(F)cc1. The fraction of sp³-hybridized carbons (Fsp3) is 0.357. The number of hydrogen-bond donors (Lipinski definition) is 1. The predicted molar refractivity (Wildman–Crippen MR) is 71.0 cm³/mol. The third-order valence-corrected chi connectivity index (χ3v) is 2.98. The van der Waals surface area contributed by atoms with Gasteiger partial charge in [0.25, 0.3) is 0 Å². The van der Waals surface area contributed by atoms with E-state index in [1.807, 2.05) is 36.1 Å². The van der Waals surface area contributed by atoms with Gasteiger partial charge in [0.1, 0.15) is 5.82 Å². The highest BCUT2D eigenvalue weighted by Crippen LogP contribution is 2.22. The van der Waals surface area contributed by atoms with Crippen LogP contribution < -0.4 is 5.32 Å². The smallest absolute Gasteiger partial charge is 0.123 e. The molecule has 0 aliphatic rings. The Labute approximate surface area is 107 Å². The number of aromatic nitrogens is 2. The molecule has 0 bridgehead atoms. The maximum absolute atomic E-state index is 12.9. The monoisotopic (exact) mass is 247 g/mol. The summed E-state index contributed by atoms with van der Waals surface area (Å²) in [4.78, 5) is 0. The van der Waals surface area contributed by atoms with Crippen molar-refractivity contribution in [2.75, 3.05) is 5.32 Å². The fourth-order valence-electron chi connectivity index (χ4n) is 1.93. The van der Waals surface area contributed by atoms with Crippen LogP contribution in [0.25, 0.3) is 0 Å². The van der Waals surface area contributed by atoms with Crippen molar-refractivity contribution in [2.45, 2.75) is 32.9 Å². The van der Waals surface area contributed by atoms with Crippen LogP contribution in [0.5, 0.6) is 0 Å². The van der Waals surface area contributed by atoms with Crippen LogP contribution in [0.1, 0.15) is 31.9 Å². The highest BCUT2D eigenvalue weighted by Gasteiger charge is 2.10. The molecule has 0 spiro atoms. The quantitative estimate of drug-likeness (QED) is 0.874. The van der Waals surface area contributed by atoms with E-state index in [0.29, 0.717) is 0 Å². The van der Waals surface area contributed by atoms with Gasteiger partial charge >= 0.3 is 0 Å². The minimum atomic E-state index is -0.201. The summed E-state index contributed by atoms with van der Waals surface area (Å²) < 4.78 is 14.8. The van der Waals surface area contributed by atoms with Crippen LogP contribution in [-0.4, -0.2) is 9.78 Å². The van der Waals surface area contributed by atoms with Gasteiger partial charge in [0.2, 0.25) is 0 Å². The van der Waals surface area contributed by atoms with Gasteiger partial charge in [-0.1, -0.05) is 19.1 Å². The lowest BCUT2D eigenvalue weighted by atomic mass is 10.0. The zero-order valence-electron chi connectivity index (χ0n) is 10.7. The van der Waals surface area contributed by atoms with Crippen LogP contribution in [0.4, 0.5) is 10.1 Å². The molecule has 0 saturated carbocycles. The number of anilines is 1. The van der Waals surface area contributed by atoms with Crippen molar-refractivity contribution in [3.63, 3.8) is 0 Å². The van der Waals surface area contributed by atoms with Crippen molar-refractivity contribution < 1.29 is 4.39 Å². The molecule has 1 aromatic heterocycles. The molecule has 2 rings (SSSR count). The second kappa shape index (κ2) is 5.67. The normalized spacial score (nSPS) is 12.4. The summed E-state index contributed by atoms with van der Waals surface area (Å²) in [5, 5.41) is 7.64. The lowest BCUT2D eigenvalue weighted by Crippen LogP contribution is -2.09. The average molecular weight is 247 g/mol. The molecule has 0 aliphatic heterocycles. The van der Waals surface area contributed by atoms with Gasteiger partial charge < -0.3 is 5.32 Å². The van der Waals surface area contributed by atoms with E-state index in [2.05, 4.69) is 17.3 Å². The van der Waals surface area contributed by atoms with Crippen molar-refractivity contribution in [1.29, 1.82) is 0 Å². The molecule has 1 unspecified atom stereocenters. The van der Waals surface area contributed by atoms with Gasteiger partial charge in [0.05, 0.1) is 17.9 Å². The summed E-state index contributed by atoms with van der Waals surface area (Å²) in [6.07, 6.45) is 4.73. The number of halogens is 1. The van der Waals surface area contributed by atoms with E-state index < -0.39 is 0 Å². The summed E-state index contributed by atoms with van der Waals surface area (Å²) >= 11 is 0. The van der Waals surface area contributed by atoms with E-state index in [4.69, 9.17) is 0 Å². The Bertz CT molecular complexity index is 490. The van der Waals surface area contributed by atoms with Gasteiger partial charge in [0.15, 0.2) is 0 Å². The minimum absolute atomic E-state index is 0.181. The first-order chi connectivity index (χ1) is 8.72. The lowest BCUT2D eigenvalue weighted by Gasteiger charge is -2.17. The fourth-order valence-corrected chi connectivity index (χ4v) is 1.93. The van der Waals surface area contributed by atoms with Gasteiger partial charge in [-0.3, -0.25) is 4.68 Å². The van der Waals surface area contributed by atoms with Crippen molar-refractivity contribution in [3.8, 4) is 0 Å². The summed E-state index contributed by atoms with van der Waals surface area (Å²) in [6.45, 7) is 5.01. The molecule has 0 fully saturated rings. The zero-order chi connectivity index (χ0) is 13.0. The molecule has 3 nitrogen and oxygen atoms in total. The number of rotatable bonds is 5. The second-order valence-corrected chi connectivity index (χ2v) is 4.24. The van der Waals surface area contributed by atoms with E-state index in [-0.39, 0.29) is 11.9 Å². The first-order valence-corrected chi connectivity index (χ1v) is 6.27. The Kier molecular flexibility index (Phi) is 3.97. The van der Waals surface area contributed by atoms with Gasteiger partial charge in [0, 0.05) is 12.7 Å². The number of hydrogen-bond acceptors (Lipinski definition) is 2. The van der Waals surface area contributed by atoms with E-state index in [1.54, 1.807) is 0 Å². The molecule has 18 heavy (non-hydrogen) atoms. The molecule has 4 heteroatoms. The molecule has 1 aromatic carbocycles. The van der Waals surface area contributed by atoms with Crippen LogP contribution in [0.15, 0.2) is 36.7 Å². The summed E-state index contributed by atoms with van der Waals surface area (Å²) in [7, 11) is 0. The second-order valence-electron chi connectivity index (χ2n) is 4.24. The topological polar surface area (TPSA) is 29.9 Å². The van der Waals surface area contributed by atoms with Crippen LogP contribution in [0.2, 0.25) is 0 Å². The van der Waals surface area contributed by atoms with Crippen molar-refractivity contribution in [1.82, 2.24) is 9.78 Å². The predicted octanol–water partition coefficient (Wildman–Crippen LogP) is 3.61. The summed E-state index contributed by atoms with van der Waals surface area (Å²) in [5.41, 5.74) is 2.08. The molecule has 1 heterocycles. The van der Waals surface area contributed by atoms with Gasteiger partial charge in [-0.05, 0) is 31.0 Å². The number of nitrogens with zero attached hydrogens (tertiary/aromatic N) is 2. The maximum atomic E-state index is 12.9. The first kappa shape index (κ1) is 12.6. The van der Waals surface area contributed by atoms with E-state index in [0.717, 1.165) is 24.2 Å². The molecule has 96 valence electrons. The molecular formula is C14H18FN3. The number of nitrogens with one attached hydrogen (secondary N) is 1. The molecule has 0 amide bonds. The van der Waals surface area contributed by atoms with Crippen molar-refractivity contribution >= 4 is 5.69 Å². The zero-order valence-corrected chi connectivity index (χ0v) is 10.7. The van der Waals surface area contributed by atoms with Crippen LogP contribution in [0.3, 0.4) is 0 Å². The Morgan fingerprint density at radius 2 is 2.00 bits per heavy atom. The largest absolute Gasteiger partial charge is 0.376 e. The Hall–Kier alpha value is -1.84. The third kappa shape index (κ3) is 2.88. The maximum Gasteiger partial charge on any atom is 0.123 e. The van der Waals surface area contributed by atoms with Crippen LogP contribution in [-0.2, 0) is 6.54 Å². The molecule has 1 N–H and O–H groups in total. The molecule has 0 saturated heterocycles. The Balaban J connectivity index is 2.11. The average Bonchev–Trinajstić information content (AvgIpc) is 2.85. The van der Waals surface area contributed by atoms with Gasteiger partial charge in [-0.2, -0.15) is 5.10 Å². The number of benzene rings is 1. The number of aryl methyl sites for hydroxylation is 1. The standard InChI is InChI=1S/C14H18FN3/c1-3-14(11-5-7-12(15)8-6-11)17-13-9-16-18(4-2)10-13/h5-10,14,17H,3-4H2,1-2H3. The lowest BCUT2D eigenvalue weighted by molar-refractivity contribution is 0.625. The van der Waals surface area contributed by atoms with Crippen molar-refractivity contribution in [2.24, 2.45) is 0 Å². The molecule has 0 aliphatic carbocycles. The van der Waals surface area contributed by atoms with E-state index in [9.17, 15) is 4.39 Å². The Morgan fingerprint density at radius 1 is 1.28 bits per heavy atom. The van der Waals surface area contributed by atoms with E-state index >= 15 is 0 Å². The Morgan fingerprint density at radius 3 is 2.56 bits per heavy atom. The first-order valence-electron chi connectivity index (χ1n) is 6.27. The molecular weight excluding hydrogens is 229 g/mol. The minimum Gasteiger partial charge on any atom is -0.376 e. The van der Waals surface area contributed by atoms with Crippen molar-refractivity contribution in [3.05, 3.63) is 48.0 Å². The molecule has 1 atom stereocenters. The van der Waals surface area contributed by atoms with Gasteiger partial charge in [-0.15, -0.1) is 0 Å². The van der Waals surface area contributed by atoms with Crippen LogP contribution in [0, 0.1) is 5.82 Å². The highest BCUT2D eigenvalue weighted by molar-refractivity contribution is 5.41. The summed E-state index contributed by atoms with van der Waals surface area (Å²) in [5.74, 6) is -0.201. The summed E-state index contributed by atoms with van der Waals surface area (Å²) in [6, 6.07) is 6.81. The van der Waals surface area contributed by atoms with E-state index in [1.165, 1.54) is 12.1 Å². The highest BCUT2D eigenvalue weighted by atomic mass is 19.1.